The van der Waals surface area contributed by atoms with E-state index >= 15 is 0 Å². The molecule has 0 saturated carbocycles. The van der Waals surface area contributed by atoms with Gasteiger partial charge in [0.1, 0.15) is 11.6 Å². The van der Waals surface area contributed by atoms with E-state index in [1.54, 1.807) is 12.1 Å². The number of benzene rings is 2. The van der Waals surface area contributed by atoms with Gasteiger partial charge in [-0.2, -0.15) is 0 Å². The summed E-state index contributed by atoms with van der Waals surface area (Å²) in [7, 11) is 0. The van der Waals surface area contributed by atoms with E-state index in [0.717, 1.165) is 36.7 Å². The normalized spacial score (nSPS) is 12.2. The molecule has 2 nitrogen and oxygen atoms in total. The average Bonchev–Trinajstić information content (AvgIpc) is 2.49. The van der Waals surface area contributed by atoms with Gasteiger partial charge < -0.3 is 10.1 Å². The smallest absolute Gasteiger partial charge is 0.165 e. The molecule has 0 heterocycles. The predicted molar refractivity (Wildman–Crippen MR) is 79.6 cm³/mol. The van der Waals surface area contributed by atoms with Gasteiger partial charge in [-0.3, -0.25) is 0 Å². The molecule has 21 heavy (non-hydrogen) atoms. The van der Waals surface area contributed by atoms with E-state index in [1.165, 1.54) is 0 Å². The number of ether oxygens (including phenoxy) is 1. The van der Waals surface area contributed by atoms with Crippen LogP contribution in [0.15, 0.2) is 42.5 Å². The van der Waals surface area contributed by atoms with Crippen molar-refractivity contribution in [3.05, 3.63) is 59.7 Å². The monoisotopic (exact) mass is 291 g/mol. The van der Waals surface area contributed by atoms with Crippen molar-refractivity contribution in [3.8, 4) is 11.5 Å². The second-order valence-electron chi connectivity index (χ2n) is 4.92. The number of hydrogen-bond donors (Lipinski definition) is 1. The van der Waals surface area contributed by atoms with Crippen LogP contribution in [-0.4, -0.2) is 6.54 Å². The third kappa shape index (κ3) is 4.26. The fraction of sp³-hybridized carbons (Fsp3) is 0.294. The van der Waals surface area contributed by atoms with Crippen LogP contribution < -0.4 is 10.1 Å². The van der Waals surface area contributed by atoms with Crippen molar-refractivity contribution >= 4 is 0 Å². The van der Waals surface area contributed by atoms with Gasteiger partial charge in [0.15, 0.2) is 11.6 Å². The first-order valence-corrected chi connectivity index (χ1v) is 7.06. The van der Waals surface area contributed by atoms with Crippen molar-refractivity contribution in [3.63, 3.8) is 0 Å². The highest BCUT2D eigenvalue weighted by atomic mass is 19.1. The molecule has 4 heteroatoms. The van der Waals surface area contributed by atoms with Crippen LogP contribution >= 0.6 is 0 Å². The van der Waals surface area contributed by atoms with E-state index in [-0.39, 0.29) is 11.8 Å². The molecule has 2 aromatic carbocycles. The molecule has 1 N–H and O–H groups in total. The zero-order valence-corrected chi connectivity index (χ0v) is 12.2. The maximum atomic E-state index is 13.5. The molecule has 112 valence electrons. The Kier molecular flexibility index (Phi) is 5.28. The molecule has 0 aliphatic carbocycles. The summed E-state index contributed by atoms with van der Waals surface area (Å²) in [6.45, 7) is 5.15. The van der Waals surface area contributed by atoms with Crippen LogP contribution in [0, 0.1) is 11.6 Å². The first-order chi connectivity index (χ1) is 10.1. The van der Waals surface area contributed by atoms with E-state index in [0.29, 0.717) is 5.75 Å². The molecule has 0 spiro atoms. The van der Waals surface area contributed by atoms with Gasteiger partial charge in [-0.1, -0.05) is 19.1 Å². The molecule has 2 aromatic rings. The van der Waals surface area contributed by atoms with Gasteiger partial charge in [0.25, 0.3) is 0 Å². The molecule has 0 aliphatic rings. The van der Waals surface area contributed by atoms with Crippen molar-refractivity contribution in [1.29, 1.82) is 0 Å². The topological polar surface area (TPSA) is 21.3 Å². The number of halogens is 2. The van der Waals surface area contributed by atoms with Crippen molar-refractivity contribution < 1.29 is 13.5 Å². The zero-order chi connectivity index (χ0) is 15.2. The first-order valence-electron chi connectivity index (χ1n) is 7.06. The molecule has 0 radical (unpaired) electrons. The lowest BCUT2D eigenvalue weighted by atomic mass is 10.1. The van der Waals surface area contributed by atoms with E-state index in [1.807, 2.05) is 12.1 Å². The van der Waals surface area contributed by atoms with E-state index in [4.69, 9.17) is 4.74 Å². The Morgan fingerprint density at radius 1 is 1.10 bits per heavy atom. The number of rotatable bonds is 6. The van der Waals surface area contributed by atoms with Crippen LogP contribution in [0.5, 0.6) is 11.5 Å². The minimum absolute atomic E-state index is 0.111. The molecule has 0 aromatic heterocycles. The van der Waals surface area contributed by atoms with E-state index < -0.39 is 11.6 Å². The van der Waals surface area contributed by atoms with Crippen LogP contribution in [0.25, 0.3) is 0 Å². The molecule has 0 saturated heterocycles. The van der Waals surface area contributed by atoms with Gasteiger partial charge in [-0.05, 0) is 49.7 Å². The van der Waals surface area contributed by atoms with Crippen molar-refractivity contribution in [1.82, 2.24) is 5.32 Å². The Hall–Kier alpha value is -1.94. The third-order valence-corrected chi connectivity index (χ3v) is 3.20. The highest BCUT2D eigenvalue weighted by Crippen LogP contribution is 2.26. The lowest BCUT2D eigenvalue weighted by Gasteiger charge is -2.14. The van der Waals surface area contributed by atoms with Crippen LogP contribution in [0.1, 0.15) is 31.9 Å². The van der Waals surface area contributed by atoms with Crippen LogP contribution in [0.2, 0.25) is 0 Å². The van der Waals surface area contributed by atoms with Crippen molar-refractivity contribution in [2.75, 3.05) is 6.54 Å². The lowest BCUT2D eigenvalue weighted by molar-refractivity contribution is 0.436. The quantitative estimate of drug-likeness (QED) is 0.824. The molecule has 0 fully saturated rings. The maximum Gasteiger partial charge on any atom is 0.165 e. The number of hydrogen-bond acceptors (Lipinski definition) is 2. The minimum Gasteiger partial charge on any atom is -0.454 e. The number of nitrogens with one attached hydrogen (secondary N) is 1. The Labute approximate surface area is 123 Å². The third-order valence-electron chi connectivity index (χ3n) is 3.20. The van der Waals surface area contributed by atoms with E-state index in [9.17, 15) is 8.78 Å². The molecule has 1 atom stereocenters. The Morgan fingerprint density at radius 2 is 1.81 bits per heavy atom. The largest absolute Gasteiger partial charge is 0.454 e. The summed E-state index contributed by atoms with van der Waals surface area (Å²) in [6, 6.07) is 10.7. The van der Waals surface area contributed by atoms with Crippen molar-refractivity contribution in [2.45, 2.75) is 26.3 Å². The van der Waals surface area contributed by atoms with Gasteiger partial charge in [0.2, 0.25) is 0 Å². The molecule has 2 rings (SSSR count). The average molecular weight is 291 g/mol. The summed E-state index contributed by atoms with van der Waals surface area (Å²) in [4.78, 5) is 0. The van der Waals surface area contributed by atoms with E-state index in [2.05, 4.69) is 19.2 Å². The summed E-state index contributed by atoms with van der Waals surface area (Å²) in [6.07, 6.45) is 1.07. The van der Waals surface area contributed by atoms with Crippen molar-refractivity contribution in [2.24, 2.45) is 0 Å². The summed E-state index contributed by atoms with van der Waals surface area (Å²) in [5.41, 5.74) is 1.12. The highest BCUT2D eigenvalue weighted by Gasteiger charge is 2.08. The molecular formula is C17H19F2NO. The maximum absolute atomic E-state index is 13.5. The van der Waals surface area contributed by atoms with Crippen LogP contribution in [0.4, 0.5) is 8.78 Å². The fourth-order valence-corrected chi connectivity index (χ4v) is 1.99. The lowest BCUT2D eigenvalue weighted by Crippen LogP contribution is -2.19. The molecule has 0 amide bonds. The predicted octanol–water partition coefficient (Wildman–Crippen LogP) is 4.82. The Balaban J connectivity index is 2.07. The first kappa shape index (κ1) is 15.4. The van der Waals surface area contributed by atoms with Gasteiger partial charge in [-0.15, -0.1) is 0 Å². The van der Waals surface area contributed by atoms with Gasteiger partial charge in [-0.25, -0.2) is 8.78 Å². The SMILES string of the molecule is CCCNC(C)c1ccc(Oc2cc(F)ccc2F)cc1. The second-order valence-corrected chi connectivity index (χ2v) is 4.92. The summed E-state index contributed by atoms with van der Waals surface area (Å²) in [5, 5.41) is 3.38. The molecule has 1 unspecified atom stereocenters. The van der Waals surface area contributed by atoms with Crippen LogP contribution in [-0.2, 0) is 0 Å². The fourth-order valence-electron chi connectivity index (χ4n) is 1.99. The van der Waals surface area contributed by atoms with Gasteiger partial charge in [0, 0.05) is 12.1 Å². The summed E-state index contributed by atoms with van der Waals surface area (Å²) >= 11 is 0. The summed E-state index contributed by atoms with van der Waals surface area (Å²) in [5.74, 6) is -0.746. The molecule has 0 bridgehead atoms. The Bertz CT molecular complexity index is 584. The van der Waals surface area contributed by atoms with Gasteiger partial charge in [0.05, 0.1) is 0 Å². The van der Waals surface area contributed by atoms with Crippen LogP contribution in [0.3, 0.4) is 0 Å². The second kappa shape index (κ2) is 7.18. The summed E-state index contributed by atoms with van der Waals surface area (Å²) < 4.78 is 32.0. The van der Waals surface area contributed by atoms with Gasteiger partial charge >= 0.3 is 0 Å². The highest BCUT2D eigenvalue weighted by molar-refractivity contribution is 5.34. The zero-order valence-electron chi connectivity index (χ0n) is 12.2. The molecule has 0 aliphatic heterocycles. The standard InChI is InChI=1S/C17H19F2NO/c1-3-10-20-12(2)13-4-7-15(8-5-13)21-17-11-14(18)6-9-16(17)19/h4-9,11-12,20H,3,10H2,1-2H3. The Morgan fingerprint density at radius 3 is 2.48 bits per heavy atom. The minimum atomic E-state index is -0.585. The molecular weight excluding hydrogens is 272 g/mol.